The summed E-state index contributed by atoms with van der Waals surface area (Å²) in [6, 6.07) is 5.09. The monoisotopic (exact) mass is 492 g/mol. The maximum Gasteiger partial charge on any atom is 0.418 e. The lowest BCUT2D eigenvalue weighted by atomic mass is 9.97. The molecule has 4 aromatic rings. The molecule has 0 bridgehead atoms. The van der Waals surface area contributed by atoms with Crippen LogP contribution in [0.15, 0.2) is 38.6 Å². The quantitative estimate of drug-likeness (QED) is 0.267. The van der Waals surface area contributed by atoms with Crippen molar-refractivity contribution in [1.82, 2.24) is 19.7 Å². The van der Waals surface area contributed by atoms with Gasteiger partial charge in [-0.2, -0.15) is 13.2 Å². The highest BCUT2D eigenvalue weighted by Crippen LogP contribution is 2.38. The highest BCUT2D eigenvalue weighted by atomic mass is 32.2. The molecule has 0 fully saturated rings. The van der Waals surface area contributed by atoms with Gasteiger partial charge in [-0.05, 0) is 43.4 Å². The highest BCUT2D eigenvalue weighted by molar-refractivity contribution is 7.98. The molecule has 3 aromatic heterocycles. The number of thioether (sulfide) groups is 1. The zero-order valence-corrected chi connectivity index (χ0v) is 19.2. The van der Waals surface area contributed by atoms with Crippen molar-refractivity contribution in [2.75, 3.05) is 0 Å². The van der Waals surface area contributed by atoms with Crippen LogP contribution in [0.25, 0.3) is 15.9 Å². The first kappa shape index (κ1) is 22.1. The molecule has 5 rings (SSSR count). The Morgan fingerprint density at radius 1 is 1.15 bits per heavy atom. The average Bonchev–Trinajstić information content (AvgIpc) is 3.41. The molecule has 0 amide bonds. The predicted octanol–water partition coefficient (Wildman–Crippen LogP) is 5.58. The third-order valence-electron chi connectivity index (χ3n) is 5.54. The molecule has 0 saturated heterocycles. The Kier molecular flexibility index (Phi) is 5.77. The summed E-state index contributed by atoms with van der Waals surface area (Å²) >= 11 is 2.57. The Hall–Kier alpha value is -2.66. The number of aromatic nitrogens is 4. The van der Waals surface area contributed by atoms with Gasteiger partial charge in [0.1, 0.15) is 4.83 Å². The Bertz CT molecular complexity index is 1390. The van der Waals surface area contributed by atoms with Gasteiger partial charge in [0.15, 0.2) is 5.16 Å². The number of halogens is 3. The number of hydrogen-bond acceptors (Lipinski definition) is 7. The Labute approximate surface area is 194 Å². The largest absolute Gasteiger partial charge is 0.424 e. The summed E-state index contributed by atoms with van der Waals surface area (Å²) in [5, 5.41) is 8.49. The maximum absolute atomic E-state index is 13.8. The zero-order chi connectivity index (χ0) is 23.2. The fraction of sp³-hybridized carbons (Fsp3) is 0.364. The van der Waals surface area contributed by atoms with E-state index in [0.29, 0.717) is 28.4 Å². The molecule has 11 heteroatoms. The van der Waals surface area contributed by atoms with Crippen LogP contribution in [0.3, 0.4) is 0 Å². The van der Waals surface area contributed by atoms with E-state index >= 15 is 0 Å². The molecule has 1 aliphatic rings. The van der Waals surface area contributed by atoms with Crippen LogP contribution in [0.2, 0.25) is 0 Å². The van der Waals surface area contributed by atoms with E-state index in [9.17, 15) is 18.0 Å². The van der Waals surface area contributed by atoms with Gasteiger partial charge in [-0.15, -0.1) is 21.5 Å². The molecule has 1 aromatic carbocycles. The standard InChI is InChI=1S/C22H19F3N4O2S2/c1-2-16-27-28-17(31-16)11-32-21-26-19-18(12-7-3-6-10-15(12)33-19)20(30)29(21)14-9-5-4-8-13(14)22(23,24)25/h4-5,8-9H,2-3,6-7,10-11H2,1H3. The van der Waals surface area contributed by atoms with Gasteiger partial charge in [-0.3, -0.25) is 9.36 Å². The Balaban J connectivity index is 1.71. The van der Waals surface area contributed by atoms with Crippen molar-refractivity contribution in [3.8, 4) is 5.69 Å². The predicted molar refractivity (Wildman–Crippen MR) is 120 cm³/mol. The molecule has 1 aliphatic carbocycles. The molecule has 0 spiro atoms. The summed E-state index contributed by atoms with van der Waals surface area (Å²) in [7, 11) is 0. The van der Waals surface area contributed by atoms with Crippen molar-refractivity contribution in [3.63, 3.8) is 0 Å². The second-order valence-electron chi connectivity index (χ2n) is 7.67. The average molecular weight is 493 g/mol. The first-order valence-corrected chi connectivity index (χ1v) is 12.3. The maximum atomic E-state index is 13.8. The van der Waals surface area contributed by atoms with Crippen LogP contribution in [-0.2, 0) is 31.2 Å². The van der Waals surface area contributed by atoms with Gasteiger partial charge in [-0.1, -0.05) is 30.8 Å². The summed E-state index contributed by atoms with van der Waals surface area (Å²) in [4.78, 5) is 20.1. The number of hydrogen-bond donors (Lipinski definition) is 0. The van der Waals surface area contributed by atoms with Crippen LogP contribution >= 0.6 is 23.1 Å². The zero-order valence-electron chi connectivity index (χ0n) is 17.6. The van der Waals surface area contributed by atoms with E-state index in [4.69, 9.17) is 4.42 Å². The fourth-order valence-corrected chi connectivity index (χ4v) is 6.16. The smallest absolute Gasteiger partial charge is 0.418 e. The molecular formula is C22H19F3N4O2S2. The van der Waals surface area contributed by atoms with Crippen LogP contribution < -0.4 is 5.56 Å². The third-order valence-corrected chi connectivity index (χ3v) is 7.65. The summed E-state index contributed by atoms with van der Waals surface area (Å²) in [6.07, 6.45) is -0.468. The number of fused-ring (bicyclic) bond motifs is 3. The van der Waals surface area contributed by atoms with E-state index in [1.807, 2.05) is 6.92 Å². The minimum absolute atomic E-state index is 0.166. The van der Waals surface area contributed by atoms with E-state index in [0.717, 1.165) is 58.5 Å². The number of para-hydroxylation sites is 1. The van der Waals surface area contributed by atoms with Crippen LogP contribution in [0.4, 0.5) is 13.2 Å². The van der Waals surface area contributed by atoms with Crippen molar-refractivity contribution in [1.29, 1.82) is 0 Å². The number of thiophene rings is 1. The van der Waals surface area contributed by atoms with E-state index in [1.54, 1.807) is 0 Å². The van der Waals surface area contributed by atoms with E-state index in [1.165, 1.54) is 29.5 Å². The normalized spacial score (nSPS) is 14.1. The molecule has 0 unspecified atom stereocenters. The lowest BCUT2D eigenvalue weighted by molar-refractivity contribution is -0.137. The lowest BCUT2D eigenvalue weighted by Crippen LogP contribution is -2.25. The summed E-state index contributed by atoms with van der Waals surface area (Å²) in [5.41, 5.74) is -0.663. The number of benzene rings is 1. The Morgan fingerprint density at radius 2 is 1.91 bits per heavy atom. The van der Waals surface area contributed by atoms with Crippen LogP contribution in [-0.4, -0.2) is 19.7 Å². The van der Waals surface area contributed by atoms with Gasteiger partial charge >= 0.3 is 6.18 Å². The number of rotatable bonds is 5. The molecule has 0 aliphatic heterocycles. The first-order valence-electron chi connectivity index (χ1n) is 10.5. The third kappa shape index (κ3) is 4.08. The van der Waals surface area contributed by atoms with E-state index in [2.05, 4.69) is 15.2 Å². The molecule has 3 heterocycles. The topological polar surface area (TPSA) is 73.8 Å². The first-order chi connectivity index (χ1) is 15.9. The van der Waals surface area contributed by atoms with Gasteiger partial charge in [0.2, 0.25) is 11.8 Å². The second kappa shape index (κ2) is 8.60. The van der Waals surface area contributed by atoms with Gasteiger partial charge in [0.25, 0.3) is 5.56 Å². The van der Waals surface area contributed by atoms with Crippen molar-refractivity contribution >= 4 is 33.3 Å². The van der Waals surface area contributed by atoms with Gasteiger partial charge < -0.3 is 4.42 Å². The summed E-state index contributed by atoms with van der Waals surface area (Å²) in [5.74, 6) is 0.983. The lowest BCUT2D eigenvalue weighted by Gasteiger charge is -2.17. The van der Waals surface area contributed by atoms with E-state index in [-0.39, 0.29) is 16.6 Å². The number of nitrogens with zero attached hydrogens (tertiary/aromatic N) is 4. The summed E-state index contributed by atoms with van der Waals surface area (Å²) < 4.78 is 48.1. The van der Waals surface area contributed by atoms with E-state index < -0.39 is 17.3 Å². The summed E-state index contributed by atoms with van der Waals surface area (Å²) in [6.45, 7) is 1.88. The second-order valence-corrected chi connectivity index (χ2v) is 9.70. The molecule has 0 radical (unpaired) electrons. The van der Waals surface area contributed by atoms with Gasteiger partial charge in [-0.25, -0.2) is 4.98 Å². The highest BCUT2D eigenvalue weighted by Gasteiger charge is 2.35. The minimum Gasteiger partial charge on any atom is -0.424 e. The van der Waals surface area contributed by atoms with Crippen molar-refractivity contribution in [2.24, 2.45) is 0 Å². The molecule has 33 heavy (non-hydrogen) atoms. The molecule has 6 nitrogen and oxygen atoms in total. The van der Waals surface area contributed by atoms with Crippen LogP contribution in [0.5, 0.6) is 0 Å². The number of aryl methyl sites for hydroxylation is 3. The molecule has 0 saturated carbocycles. The fourth-order valence-electron chi connectivity index (χ4n) is 4.02. The van der Waals surface area contributed by atoms with Crippen molar-refractivity contribution in [2.45, 2.75) is 56.1 Å². The number of alkyl halides is 3. The van der Waals surface area contributed by atoms with Crippen LogP contribution in [0, 0.1) is 0 Å². The molecule has 0 N–H and O–H groups in total. The van der Waals surface area contributed by atoms with Crippen molar-refractivity contribution in [3.05, 3.63) is 62.4 Å². The van der Waals surface area contributed by atoms with Gasteiger partial charge in [0, 0.05) is 11.3 Å². The molecule has 172 valence electrons. The van der Waals surface area contributed by atoms with Crippen molar-refractivity contribution < 1.29 is 17.6 Å². The Morgan fingerprint density at radius 3 is 2.67 bits per heavy atom. The van der Waals surface area contributed by atoms with Gasteiger partial charge in [0.05, 0.1) is 22.4 Å². The molecule has 0 atom stereocenters. The molecular weight excluding hydrogens is 473 g/mol. The van der Waals surface area contributed by atoms with Crippen LogP contribution in [0.1, 0.15) is 47.6 Å². The minimum atomic E-state index is -4.62. The SMILES string of the molecule is CCc1nnc(CSc2nc3sc4c(c3c(=O)n2-c2ccccc2C(F)(F)F)CCCC4)o1.